The van der Waals surface area contributed by atoms with Crippen molar-refractivity contribution in [3.63, 3.8) is 0 Å². The number of halogens is 1. The van der Waals surface area contributed by atoms with Gasteiger partial charge in [0.15, 0.2) is 0 Å². The van der Waals surface area contributed by atoms with E-state index in [-0.39, 0.29) is 17.8 Å². The molecule has 3 atom stereocenters. The first kappa shape index (κ1) is 22.4. The molecule has 1 aliphatic heterocycles. The van der Waals surface area contributed by atoms with Crippen LogP contribution in [0.1, 0.15) is 31.3 Å². The number of hydrogen-bond donors (Lipinski definition) is 0. The van der Waals surface area contributed by atoms with Gasteiger partial charge in [0.1, 0.15) is 6.04 Å². The van der Waals surface area contributed by atoms with E-state index >= 15 is 4.39 Å². The Balaban J connectivity index is 1.52. The van der Waals surface area contributed by atoms with Crippen molar-refractivity contribution < 1.29 is 13.7 Å². The quantitative estimate of drug-likeness (QED) is 0.661. The third-order valence-corrected chi connectivity index (χ3v) is 6.41. The van der Waals surface area contributed by atoms with Gasteiger partial charge in [0.05, 0.1) is 6.04 Å². The first-order valence-corrected chi connectivity index (χ1v) is 11.2. The molecule has 1 saturated heterocycles. The molecular weight excluding hydrogens is 409 g/mol. The van der Waals surface area contributed by atoms with Gasteiger partial charge in [-0.25, -0.2) is 4.39 Å². The summed E-state index contributed by atoms with van der Waals surface area (Å²) < 4.78 is 20.8. The molecule has 0 spiro atoms. The van der Waals surface area contributed by atoms with Gasteiger partial charge >= 0.3 is 0 Å². The first-order chi connectivity index (χ1) is 15.6. The maximum absolute atomic E-state index is 16.0. The summed E-state index contributed by atoms with van der Waals surface area (Å²) >= 11 is 0. The molecular formula is C24H30FN5O2. The summed E-state index contributed by atoms with van der Waals surface area (Å²) in [5, 5.41) is 3.77. The lowest BCUT2D eigenvalue weighted by atomic mass is 9.89. The summed E-state index contributed by atoms with van der Waals surface area (Å²) in [7, 11) is 0. The zero-order chi connectivity index (χ0) is 22.6. The fourth-order valence-corrected chi connectivity index (χ4v) is 4.66. The molecule has 2 heterocycles. The molecule has 3 unspecified atom stereocenters. The second-order valence-corrected chi connectivity index (χ2v) is 8.11. The maximum Gasteiger partial charge on any atom is 0.244 e. The molecule has 1 aromatic heterocycles. The highest BCUT2D eigenvalue weighted by molar-refractivity contribution is 5.83. The number of nitrogens with zero attached hydrogens (tertiary/aromatic N) is 5. The lowest BCUT2D eigenvalue weighted by molar-refractivity contribution is -0.138. The number of rotatable bonds is 7. The van der Waals surface area contributed by atoms with Crippen LogP contribution in [0.2, 0.25) is 0 Å². The van der Waals surface area contributed by atoms with Gasteiger partial charge in [-0.1, -0.05) is 53.7 Å². The number of hydrogen-bond acceptors (Lipinski definition) is 6. The lowest BCUT2D eigenvalue weighted by Gasteiger charge is -2.44. The maximum atomic E-state index is 16.0. The van der Waals surface area contributed by atoms with E-state index in [0.717, 1.165) is 12.0 Å². The fraction of sp³-hybridized carbons (Fsp3) is 0.458. The van der Waals surface area contributed by atoms with Gasteiger partial charge in [0.2, 0.25) is 23.8 Å². The fourth-order valence-electron chi connectivity index (χ4n) is 4.66. The molecule has 2 aliphatic rings. The minimum atomic E-state index is -1.85. The van der Waals surface area contributed by atoms with Gasteiger partial charge in [-0.05, 0) is 25.5 Å². The van der Waals surface area contributed by atoms with E-state index in [1.807, 2.05) is 61.2 Å². The van der Waals surface area contributed by atoms with Crippen LogP contribution in [0.25, 0.3) is 0 Å². The van der Waals surface area contributed by atoms with E-state index in [0.29, 0.717) is 39.3 Å². The number of likely N-dealkylation sites (N-methyl/N-ethyl adjacent to an activating group) is 1. The Hall–Kier alpha value is -2.84. The van der Waals surface area contributed by atoms with Gasteiger partial charge in [0, 0.05) is 39.3 Å². The van der Waals surface area contributed by atoms with E-state index in [1.54, 1.807) is 6.08 Å². The summed E-state index contributed by atoms with van der Waals surface area (Å²) in [5.74, 6) is 0.145. The SMILES string of the molecule is CCN(CC)C(=O)C(c1ccccc1)N1CCN(C2C=CC=CC2(F)c2ncon2)CC1. The molecule has 0 N–H and O–H groups in total. The second kappa shape index (κ2) is 9.75. The molecule has 0 saturated carbocycles. The molecule has 2 aromatic rings. The zero-order valence-electron chi connectivity index (χ0n) is 18.6. The van der Waals surface area contributed by atoms with Crippen LogP contribution in [0.15, 0.2) is 65.6 Å². The number of allylic oxidation sites excluding steroid dienone is 2. The van der Waals surface area contributed by atoms with Gasteiger partial charge in [0.25, 0.3) is 0 Å². The predicted octanol–water partition coefficient (Wildman–Crippen LogP) is 2.96. The van der Waals surface area contributed by atoms with Gasteiger partial charge in [-0.3, -0.25) is 14.6 Å². The Kier molecular flexibility index (Phi) is 6.81. The topological polar surface area (TPSA) is 65.7 Å². The smallest absolute Gasteiger partial charge is 0.244 e. The molecule has 170 valence electrons. The van der Waals surface area contributed by atoms with Crippen molar-refractivity contribution in [3.05, 3.63) is 72.4 Å². The van der Waals surface area contributed by atoms with Crippen molar-refractivity contribution >= 4 is 5.91 Å². The van der Waals surface area contributed by atoms with Crippen LogP contribution in [0.4, 0.5) is 4.39 Å². The summed E-state index contributed by atoms with van der Waals surface area (Å²) in [6, 6.07) is 9.05. The molecule has 0 bridgehead atoms. The lowest BCUT2D eigenvalue weighted by Crippen LogP contribution is -2.57. The average Bonchev–Trinajstić information content (AvgIpc) is 3.38. The number of amides is 1. The molecule has 1 fully saturated rings. The molecule has 8 heteroatoms. The Labute approximate surface area is 188 Å². The van der Waals surface area contributed by atoms with Gasteiger partial charge in [-0.15, -0.1) is 0 Å². The van der Waals surface area contributed by atoms with Crippen LogP contribution in [-0.2, 0) is 10.5 Å². The number of piperazine rings is 1. The average molecular weight is 440 g/mol. The summed E-state index contributed by atoms with van der Waals surface area (Å²) in [6.07, 6.45) is 8.03. The van der Waals surface area contributed by atoms with Crippen LogP contribution in [0.5, 0.6) is 0 Å². The van der Waals surface area contributed by atoms with Crippen molar-refractivity contribution in [2.24, 2.45) is 0 Å². The van der Waals surface area contributed by atoms with Crippen molar-refractivity contribution in [2.75, 3.05) is 39.3 Å². The minimum absolute atomic E-state index is 0.0319. The molecule has 1 aliphatic carbocycles. The molecule has 1 aromatic carbocycles. The van der Waals surface area contributed by atoms with E-state index in [4.69, 9.17) is 4.52 Å². The predicted molar refractivity (Wildman–Crippen MR) is 119 cm³/mol. The molecule has 1 amide bonds. The van der Waals surface area contributed by atoms with E-state index < -0.39 is 11.7 Å². The van der Waals surface area contributed by atoms with Crippen molar-refractivity contribution in [3.8, 4) is 0 Å². The Morgan fingerprint density at radius 3 is 2.53 bits per heavy atom. The standard InChI is InChI=1S/C24H30FN5O2/c1-3-28(4-2)22(31)21(19-10-6-5-7-11-19)30-16-14-29(15-17-30)20-12-8-9-13-24(20,25)23-26-18-32-27-23/h5-13,18,20-21H,3-4,14-17H2,1-2H3. The number of benzene rings is 1. The van der Waals surface area contributed by atoms with Crippen LogP contribution < -0.4 is 0 Å². The summed E-state index contributed by atoms with van der Waals surface area (Å²) in [6.45, 7) is 7.92. The largest absolute Gasteiger partial charge is 0.343 e. The molecule has 32 heavy (non-hydrogen) atoms. The molecule has 0 radical (unpaired) electrons. The number of alkyl halides is 1. The van der Waals surface area contributed by atoms with E-state index in [9.17, 15) is 4.79 Å². The van der Waals surface area contributed by atoms with Gasteiger partial charge in [-0.2, -0.15) is 4.98 Å². The Bertz CT molecular complexity index is 937. The zero-order valence-corrected chi connectivity index (χ0v) is 18.6. The highest BCUT2D eigenvalue weighted by Gasteiger charge is 2.46. The minimum Gasteiger partial charge on any atom is -0.343 e. The molecule has 4 rings (SSSR count). The summed E-state index contributed by atoms with van der Waals surface area (Å²) in [5.41, 5.74) is -0.857. The van der Waals surface area contributed by atoms with Crippen molar-refractivity contribution in [1.29, 1.82) is 0 Å². The van der Waals surface area contributed by atoms with Gasteiger partial charge < -0.3 is 9.42 Å². The summed E-state index contributed by atoms with van der Waals surface area (Å²) in [4.78, 5) is 23.6. The van der Waals surface area contributed by atoms with E-state index in [2.05, 4.69) is 19.9 Å². The van der Waals surface area contributed by atoms with Crippen LogP contribution >= 0.6 is 0 Å². The Morgan fingerprint density at radius 1 is 1.19 bits per heavy atom. The van der Waals surface area contributed by atoms with E-state index in [1.165, 1.54) is 6.08 Å². The Morgan fingerprint density at radius 2 is 1.91 bits per heavy atom. The number of aromatic nitrogens is 2. The van der Waals surface area contributed by atoms with Crippen LogP contribution in [0.3, 0.4) is 0 Å². The van der Waals surface area contributed by atoms with Crippen LogP contribution in [-0.4, -0.2) is 76.1 Å². The highest BCUT2D eigenvalue weighted by Crippen LogP contribution is 2.36. The third kappa shape index (κ3) is 4.25. The second-order valence-electron chi connectivity index (χ2n) is 8.11. The number of carbonyl (C=O) groups is 1. The highest BCUT2D eigenvalue weighted by atomic mass is 19.1. The molecule has 7 nitrogen and oxygen atoms in total. The van der Waals surface area contributed by atoms with Crippen molar-refractivity contribution in [1.82, 2.24) is 24.8 Å². The third-order valence-electron chi connectivity index (χ3n) is 6.41. The first-order valence-electron chi connectivity index (χ1n) is 11.2. The normalized spacial score (nSPS) is 25.0. The van der Waals surface area contributed by atoms with Crippen molar-refractivity contribution in [2.45, 2.75) is 31.6 Å². The monoisotopic (exact) mass is 439 g/mol. The van der Waals surface area contributed by atoms with Crippen LogP contribution in [0, 0.1) is 0 Å². The number of carbonyl (C=O) groups excluding carboxylic acids is 1.